The highest BCUT2D eigenvalue weighted by atomic mass is 16.3. The second-order valence-electron chi connectivity index (χ2n) is 5.08. The summed E-state index contributed by atoms with van der Waals surface area (Å²) >= 11 is 0. The van der Waals surface area contributed by atoms with Crippen LogP contribution in [0.4, 0.5) is 0 Å². The van der Waals surface area contributed by atoms with Crippen molar-refractivity contribution in [1.82, 2.24) is 4.90 Å². The molecule has 1 aliphatic rings. The molecule has 0 aromatic heterocycles. The van der Waals surface area contributed by atoms with Crippen LogP contribution < -0.4 is 0 Å². The normalized spacial score (nSPS) is 27.1. The van der Waals surface area contributed by atoms with Crippen LogP contribution in [0.2, 0.25) is 0 Å². The maximum absolute atomic E-state index is 12.3. The first-order chi connectivity index (χ1) is 8.09. The largest absolute Gasteiger partial charge is 0.395 e. The van der Waals surface area contributed by atoms with Gasteiger partial charge in [-0.05, 0) is 25.2 Å². The summed E-state index contributed by atoms with van der Waals surface area (Å²) in [5.41, 5.74) is -0.803. The lowest BCUT2D eigenvalue weighted by Crippen LogP contribution is -2.51. The molecule has 0 saturated heterocycles. The van der Waals surface area contributed by atoms with E-state index in [2.05, 4.69) is 19.9 Å². The van der Waals surface area contributed by atoms with Gasteiger partial charge in [-0.1, -0.05) is 20.3 Å². The SMILES string of the molecule is CCCCN(CCO)C(=O)C1(C#N)CC(C)C1. The van der Waals surface area contributed by atoms with Crippen LogP contribution in [0, 0.1) is 22.7 Å². The molecule has 1 fully saturated rings. The fraction of sp³-hybridized carbons (Fsp3) is 0.846. The molecule has 0 unspecified atom stereocenters. The maximum Gasteiger partial charge on any atom is 0.243 e. The van der Waals surface area contributed by atoms with Crippen molar-refractivity contribution in [2.24, 2.45) is 11.3 Å². The lowest BCUT2D eigenvalue weighted by molar-refractivity contribution is -0.145. The van der Waals surface area contributed by atoms with Gasteiger partial charge >= 0.3 is 0 Å². The average molecular weight is 238 g/mol. The van der Waals surface area contributed by atoms with Gasteiger partial charge in [0.25, 0.3) is 0 Å². The number of hydrogen-bond donors (Lipinski definition) is 1. The molecule has 1 aliphatic carbocycles. The fourth-order valence-corrected chi connectivity index (χ4v) is 2.53. The quantitative estimate of drug-likeness (QED) is 0.763. The third-order valence-corrected chi connectivity index (χ3v) is 3.46. The summed E-state index contributed by atoms with van der Waals surface area (Å²) in [6.07, 6.45) is 3.25. The van der Waals surface area contributed by atoms with Crippen LogP contribution in [0.25, 0.3) is 0 Å². The van der Waals surface area contributed by atoms with Gasteiger partial charge in [0.05, 0.1) is 12.7 Å². The van der Waals surface area contributed by atoms with Gasteiger partial charge < -0.3 is 10.0 Å². The molecule has 0 atom stereocenters. The Labute approximate surface area is 103 Å². The predicted octanol–water partition coefficient (Wildman–Crippen LogP) is 1.55. The molecular weight excluding hydrogens is 216 g/mol. The highest BCUT2D eigenvalue weighted by Crippen LogP contribution is 2.46. The van der Waals surface area contributed by atoms with Gasteiger partial charge in [0, 0.05) is 13.1 Å². The molecule has 17 heavy (non-hydrogen) atoms. The lowest BCUT2D eigenvalue weighted by Gasteiger charge is -2.42. The fourth-order valence-electron chi connectivity index (χ4n) is 2.53. The Balaban J connectivity index is 2.66. The van der Waals surface area contributed by atoms with Gasteiger partial charge in [-0.15, -0.1) is 0 Å². The zero-order valence-electron chi connectivity index (χ0n) is 10.8. The number of amides is 1. The summed E-state index contributed by atoms with van der Waals surface area (Å²) in [6.45, 7) is 5.08. The highest BCUT2D eigenvalue weighted by Gasteiger charge is 2.50. The number of carbonyl (C=O) groups excluding carboxylic acids is 1. The van der Waals surface area contributed by atoms with Gasteiger partial charge in [0.1, 0.15) is 5.41 Å². The minimum Gasteiger partial charge on any atom is -0.395 e. The van der Waals surface area contributed by atoms with E-state index in [0.717, 1.165) is 12.8 Å². The minimum absolute atomic E-state index is 0.0352. The van der Waals surface area contributed by atoms with Gasteiger partial charge in [-0.25, -0.2) is 0 Å². The standard InChI is InChI=1S/C13H22N2O2/c1-3-4-5-15(6-7-16)12(17)13(10-14)8-11(2)9-13/h11,16H,3-9H2,1-2H3. The third-order valence-electron chi connectivity index (χ3n) is 3.46. The maximum atomic E-state index is 12.3. The molecule has 0 heterocycles. The molecule has 4 heteroatoms. The number of aliphatic hydroxyl groups is 1. The molecule has 1 N–H and O–H groups in total. The highest BCUT2D eigenvalue weighted by molar-refractivity contribution is 5.86. The second-order valence-corrected chi connectivity index (χ2v) is 5.08. The summed E-state index contributed by atoms with van der Waals surface area (Å²) < 4.78 is 0. The molecule has 1 rings (SSSR count). The summed E-state index contributed by atoms with van der Waals surface area (Å²) in [6, 6.07) is 2.19. The smallest absolute Gasteiger partial charge is 0.243 e. The number of rotatable bonds is 6. The number of hydrogen-bond acceptors (Lipinski definition) is 3. The molecule has 0 aliphatic heterocycles. The molecule has 96 valence electrons. The summed E-state index contributed by atoms with van der Waals surface area (Å²) in [4.78, 5) is 14.0. The monoisotopic (exact) mass is 238 g/mol. The Morgan fingerprint density at radius 3 is 2.59 bits per heavy atom. The van der Waals surface area contributed by atoms with Crippen LogP contribution in [0.1, 0.15) is 39.5 Å². The van der Waals surface area contributed by atoms with Gasteiger partial charge in [0.15, 0.2) is 0 Å². The summed E-state index contributed by atoms with van der Waals surface area (Å²) in [7, 11) is 0. The average Bonchev–Trinajstić information content (AvgIpc) is 2.29. The third kappa shape index (κ3) is 2.98. The first-order valence-corrected chi connectivity index (χ1v) is 6.41. The molecule has 0 spiro atoms. The minimum atomic E-state index is -0.803. The first-order valence-electron chi connectivity index (χ1n) is 6.41. The molecule has 4 nitrogen and oxygen atoms in total. The van der Waals surface area contributed by atoms with E-state index in [1.54, 1.807) is 4.90 Å². The van der Waals surface area contributed by atoms with E-state index in [0.29, 0.717) is 31.8 Å². The molecule has 0 radical (unpaired) electrons. The predicted molar refractivity (Wildman–Crippen MR) is 65.0 cm³/mol. The Hall–Kier alpha value is -1.08. The number of nitrogens with zero attached hydrogens (tertiary/aromatic N) is 2. The second kappa shape index (κ2) is 6.02. The van der Waals surface area contributed by atoms with Crippen molar-refractivity contribution >= 4 is 5.91 Å². The van der Waals surface area contributed by atoms with E-state index in [-0.39, 0.29) is 12.5 Å². The molecule has 0 bridgehead atoms. The zero-order valence-corrected chi connectivity index (χ0v) is 10.8. The lowest BCUT2D eigenvalue weighted by atomic mass is 9.62. The van der Waals surface area contributed by atoms with Crippen molar-refractivity contribution in [2.45, 2.75) is 39.5 Å². The van der Waals surface area contributed by atoms with Gasteiger partial charge in [0.2, 0.25) is 5.91 Å². The van der Waals surface area contributed by atoms with E-state index in [4.69, 9.17) is 5.11 Å². The van der Waals surface area contributed by atoms with Crippen LogP contribution in [0.3, 0.4) is 0 Å². The molecular formula is C13H22N2O2. The Bertz CT molecular complexity index is 303. The molecule has 0 aromatic rings. The Morgan fingerprint density at radius 1 is 1.53 bits per heavy atom. The molecule has 1 saturated carbocycles. The number of unbranched alkanes of at least 4 members (excludes halogenated alkanes) is 1. The van der Waals surface area contributed by atoms with Crippen LogP contribution in [-0.4, -0.2) is 35.6 Å². The number of aliphatic hydroxyl groups excluding tert-OH is 1. The van der Waals surface area contributed by atoms with Crippen molar-refractivity contribution in [3.05, 3.63) is 0 Å². The van der Waals surface area contributed by atoms with Crippen LogP contribution >= 0.6 is 0 Å². The topological polar surface area (TPSA) is 64.3 Å². The van der Waals surface area contributed by atoms with Gasteiger partial charge in [-0.3, -0.25) is 4.79 Å². The van der Waals surface area contributed by atoms with Crippen LogP contribution in [0.15, 0.2) is 0 Å². The zero-order chi connectivity index (χ0) is 12.9. The Morgan fingerprint density at radius 2 is 2.18 bits per heavy atom. The number of nitriles is 1. The van der Waals surface area contributed by atoms with E-state index in [1.165, 1.54) is 0 Å². The summed E-state index contributed by atoms with van der Waals surface area (Å²) in [5, 5.41) is 18.2. The van der Waals surface area contributed by atoms with E-state index >= 15 is 0 Å². The van der Waals surface area contributed by atoms with Crippen molar-refractivity contribution in [3.8, 4) is 6.07 Å². The van der Waals surface area contributed by atoms with Crippen molar-refractivity contribution in [1.29, 1.82) is 5.26 Å². The Kier molecular flexibility index (Phi) is 4.95. The van der Waals surface area contributed by atoms with Crippen LogP contribution in [0.5, 0.6) is 0 Å². The molecule has 0 aromatic carbocycles. The molecule has 1 amide bonds. The van der Waals surface area contributed by atoms with E-state index in [9.17, 15) is 10.1 Å². The number of carbonyl (C=O) groups is 1. The van der Waals surface area contributed by atoms with E-state index < -0.39 is 5.41 Å². The van der Waals surface area contributed by atoms with Crippen LogP contribution in [-0.2, 0) is 4.79 Å². The van der Waals surface area contributed by atoms with Crippen molar-refractivity contribution in [2.75, 3.05) is 19.7 Å². The van der Waals surface area contributed by atoms with Crippen molar-refractivity contribution < 1.29 is 9.90 Å². The first kappa shape index (κ1) is 14.0. The van der Waals surface area contributed by atoms with Crippen molar-refractivity contribution in [3.63, 3.8) is 0 Å². The summed E-state index contributed by atoms with van der Waals surface area (Å²) in [5.74, 6) is 0.376. The van der Waals surface area contributed by atoms with Gasteiger partial charge in [-0.2, -0.15) is 5.26 Å². The van der Waals surface area contributed by atoms with E-state index in [1.807, 2.05) is 0 Å².